The molecular formula is C59H60N6O. The molecule has 9 fully saturated rings. The average Bonchev–Trinajstić information content (AvgIpc) is 4.19. The third-order valence-corrected chi connectivity index (χ3v) is 22.0. The smallest absolute Gasteiger partial charge is 0.255 e. The van der Waals surface area contributed by atoms with E-state index < -0.39 is 0 Å². The van der Waals surface area contributed by atoms with E-state index in [2.05, 4.69) is 160 Å². The van der Waals surface area contributed by atoms with Gasteiger partial charge < -0.3 is 14.7 Å². The molecule has 3 aliphatic carbocycles. The van der Waals surface area contributed by atoms with Gasteiger partial charge in [-0.1, -0.05) is 95.6 Å². The molecule has 6 bridgehead atoms. The van der Waals surface area contributed by atoms with Crippen molar-refractivity contribution in [3.8, 4) is 0 Å². The number of piperidine rings is 3. The van der Waals surface area contributed by atoms with Gasteiger partial charge in [-0.05, 0) is 124 Å². The van der Waals surface area contributed by atoms with E-state index in [9.17, 15) is 0 Å². The van der Waals surface area contributed by atoms with Crippen LogP contribution in [0.2, 0.25) is 0 Å². The van der Waals surface area contributed by atoms with Crippen molar-refractivity contribution >= 4 is 23.0 Å². The van der Waals surface area contributed by atoms with E-state index in [0.29, 0.717) is 53.7 Å². The largest absolute Gasteiger partial charge is 0.339 e. The Labute approximate surface area is 389 Å². The molecule has 0 radical (unpaired) electrons. The van der Waals surface area contributed by atoms with Crippen molar-refractivity contribution in [3.63, 3.8) is 0 Å². The molecule has 11 heterocycles. The van der Waals surface area contributed by atoms with Crippen molar-refractivity contribution in [3.05, 3.63) is 160 Å². The summed E-state index contributed by atoms with van der Waals surface area (Å²) < 4.78 is 0. The van der Waals surface area contributed by atoms with Gasteiger partial charge in [0.1, 0.15) is 0 Å². The maximum Gasteiger partial charge on any atom is 0.255 e. The fraction of sp³-hybridized carbons (Fsp3) is 0.475. The monoisotopic (exact) mass is 868 g/mol. The molecule has 3 aromatic carbocycles. The second-order valence-electron chi connectivity index (χ2n) is 23.3. The first-order chi connectivity index (χ1) is 32.4. The highest BCUT2D eigenvalue weighted by Crippen LogP contribution is 2.70. The number of nitrogens with zero attached hydrogens (tertiary/aromatic N) is 6. The topological polar surface area (TPSA) is 36.5 Å². The molecule has 66 heavy (non-hydrogen) atoms. The lowest BCUT2D eigenvalue weighted by atomic mass is 9.54. The van der Waals surface area contributed by atoms with Crippen LogP contribution in [0, 0.1) is 23.7 Å². The Hall–Kier alpha value is -4.95. The second kappa shape index (κ2) is 12.0. The standard InChI is InChI=1S/C59H60N6O/c1-4-33-28-61-22-20-58-45-15-9-12-18-48(45)65-55(58)39(36(33)24-51(58)61)23-40(56(65)66)49-27-59-44-14-8-11-17-47(44)64-31-41-37-25-50-57(19-21-60(50)29-34(37)5-2)43-13-7-10-16-46(43)63(53(41)57)32-42(54(59)64)38-26-52(59)62(49)30-35(38)6-3/h4-18,23,31-32,36-39,49-55H,19-22,24-30H2,1-3H3/b33-4+,34-5+,35-6+,41-31?,42-32?/t36-,37-,38-,39-,49+,50-,51-,52-,53+,54+,55-,57+,58+,59+/m0/s1. The normalized spacial score (nSPS) is 45.0. The first-order valence-corrected chi connectivity index (χ1v) is 26.0. The van der Waals surface area contributed by atoms with Crippen molar-refractivity contribution in [2.24, 2.45) is 23.7 Å². The van der Waals surface area contributed by atoms with Crippen molar-refractivity contribution < 1.29 is 4.79 Å². The minimum Gasteiger partial charge on any atom is -0.339 e. The zero-order chi connectivity index (χ0) is 43.3. The van der Waals surface area contributed by atoms with E-state index in [4.69, 9.17) is 0 Å². The number of carbonyl (C=O) groups is 1. The average molecular weight is 869 g/mol. The molecule has 17 rings (SSSR count). The zero-order valence-corrected chi connectivity index (χ0v) is 38.6. The number of para-hydroxylation sites is 3. The van der Waals surface area contributed by atoms with Crippen LogP contribution in [0.5, 0.6) is 0 Å². The van der Waals surface area contributed by atoms with E-state index >= 15 is 4.79 Å². The Morgan fingerprint density at radius 1 is 0.591 bits per heavy atom. The Morgan fingerprint density at radius 3 is 1.82 bits per heavy atom. The summed E-state index contributed by atoms with van der Waals surface area (Å²) >= 11 is 0. The highest BCUT2D eigenvalue weighted by atomic mass is 16.2. The van der Waals surface area contributed by atoms with Crippen molar-refractivity contribution in [2.75, 3.05) is 47.4 Å². The van der Waals surface area contributed by atoms with Gasteiger partial charge in [0.2, 0.25) is 0 Å². The summed E-state index contributed by atoms with van der Waals surface area (Å²) in [5, 5.41) is 0. The predicted octanol–water partition coefficient (Wildman–Crippen LogP) is 8.76. The van der Waals surface area contributed by atoms with E-state index in [1.165, 1.54) is 54.0 Å². The van der Waals surface area contributed by atoms with E-state index in [-0.39, 0.29) is 34.4 Å². The van der Waals surface area contributed by atoms with Gasteiger partial charge >= 0.3 is 0 Å². The fourth-order valence-electron chi connectivity index (χ4n) is 20.0. The summed E-state index contributed by atoms with van der Waals surface area (Å²) in [6, 6.07) is 30.5. The first-order valence-electron chi connectivity index (χ1n) is 26.0. The summed E-state index contributed by atoms with van der Waals surface area (Å²) in [6.07, 6.45) is 22.4. The molecule has 14 atom stereocenters. The number of benzene rings is 3. The van der Waals surface area contributed by atoms with Gasteiger partial charge in [0.25, 0.3) is 5.91 Å². The maximum absolute atomic E-state index is 16.1. The molecule has 3 spiro atoms. The number of hydrogen-bond donors (Lipinski definition) is 0. The van der Waals surface area contributed by atoms with Crippen LogP contribution in [0.25, 0.3) is 0 Å². The molecule has 7 nitrogen and oxygen atoms in total. The number of amides is 1. The second-order valence-corrected chi connectivity index (χ2v) is 23.3. The molecule has 3 aromatic rings. The lowest BCUT2D eigenvalue weighted by Gasteiger charge is -2.57. The molecular weight excluding hydrogens is 809 g/mol. The number of anilines is 3. The van der Waals surface area contributed by atoms with Crippen LogP contribution < -0.4 is 14.7 Å². The molecule has 0 unspecified atom stereocenters. The SMILES string of the molecule is C/C=C1\CN2CC[C@@]34c5ccccc5N5C=C6[C@H]7C[C@@H]8N(C/C7=C\C)[C@@H](C7=C[C@@H]9[C@@H]%10N(C7=O)c7ccccc7[C@@]%107CCN%10C/C(=C\C)[C@@H]9C[C@H]%107)C[C@@]87c8ccccc8N(C=C([C@H]1C[C@H]23)[C@@H]54)[C@H]67. The van der Waals surface area contributed by atoms with E-state index in [1.807, 2.05) is 0 Å². The Kier molecular flexibility index (Phi) is 6.75. The van der Waals surface area contributed by atoms with Gasteiger partial charge in [0, 0.05) is 113 Å². The number of rotatable bonds is 1. The number of allylic oxidation sites excluding steroid dienone is 3. The van der Waals surface area contributed by atoms with Crippen molar-refractivity contribution in [1.82, 2.24) is 14.7 Å². The molecule has 1 amide bonds. The maximum atomic E-state index is 16.1. The first kappa shape index (κ1) is 37.1. The van der Waals surface area contributed by atoms with E-state index in [1.54, 1.807) is 33.4 Å². The van der Waals surface area contributed by atoms with Gasteiger partial charge in [-0.15, -0.1) is 0 Å². The molecule has 6 saturated heterocycles. The molecule has 332 valence electrons. The van der Waals surface area contributed by atoms with Crippen LogP contribution in [0.1, 0.15) is 76.0 Å². The van der Waals surface area contributed by atoms with Crippen molar-refractivity contribution in [2.45, 2.75) is 118 Å². The molecule has 11 aliphatic heterocycles. The number of carbonyl (C=O) groups excluding carboxylic acids is 1. The quantitative estimate of drug-likeness (QED) is 0.228. The van der Waals surface area contributed by atoms with Crippen LogP contribution in [0.4, 0.5) is 17.1 Å². The molecule has 0 aromatic heterocycles. The Balaban J connectivity index is 0.885. The van der Waals surface area contributed by atoms with Crippen LogP contribution in [-0.2, 0) is 21.0 Å². The summed E-state index contributed by atoms with van der Waals surface area (Å²) in [5.41, 5.74) is 17.7. The summed E-state index contributed by atoms with van der Waals surface area (Å²) in [6.45, 7) is 12.3. The highest BCUT2D eigenvalue weighted by Gasteiger charge is 2.74. The summed E-state index contributed by atoms with van der Waals surface area (Å²) in [5.74, 6) is 1.90. The molecule has 7 heteroatoms. The van der Waals surface area contributed by atoms with Crippen LogP contribution >= 0.6 is 0 Å². The van der Waals surface area contributed by atoms with Gasteiger partial charge in [-0.3, -0.25) is 19.5 Å². The van der Waals surface area contributed by atoms with E-state index in [0.717, 1.165) is 51.0 Å². The molecule has 3 saturated carbocycles. The molecule has 14 aliphatic rings. The Bertz CT molecular complexity index is 2990. The van der Waals surface area contributed by atoms with Gasteiger partial charge in [0.15, 0.2) is 0 Å². The molecule has 0 N–H and O–H groups in total. The number of hydrogen-bond acceptors (Lipinski definition) is 6. The number of fused-ring (bicyclic) bond motifs is 12. The third kappa shape index (κ3) is 3.79. The van der Waals surface area contributed by atoms with Gasteiger partial charge in [0.05, 0.1) is 18.1 Å². The summed E-state index contributed by atoms with van der Waals surface area (Å²) in [7, 11) is 0. The van der Waals surface area contributed by atoms with Crippen LogP contribution in [0.3, 0.4) is 0 Å². The van der Waals surface area contributed by atoms with Crippen molar-refractivity contribution in [1.29, 1.82) is 0 Å². The lowest BCUT2D eigenvalue weighted by molar-refractivity contribution is -0.118. The summed E-state index contributed by atoms with van der Waals surface area (Å²) in [4.78, 5) is 32.8. The van der Waals surface area contributed by atoms with Gasteiger partial charge in [-0.2, -0.15) is 0 Å². The van der Waals surface area contributed by atoms with Gasteiger partial charge in [-0.25, -0.2) is 0 Å². The Morgan fingerprint density at radius 2 is 1.14 bits per heavy atom. The van der Waals surface area contributed by atoms with Crippen LogP contribution in [0.15, 0.2) is 143 Å². The van der Waals surface area contributed by atoms with Crippen LogP contribution in [-0.4, -0.2) is 95.6 Å². The fourth-order valence-corrected chi connectivity index (χ4v) is 20.0. The minimum atomic E-state index is -0.161. The third-order valence-electron chi connectivity index (χ3n) is 22.0. The lowest BCUT2D eigenvalue weighted by Crippen LogP contribution is -2.66. The highest BCUT2D eigenvalue weighted by molar-refractivity contribution is 6.10. The zero-order valence-electron chi connectivity index (χ0n) is 38.6. The predicted molar refractivity (Wildman–Crippen MR) is 260 cm³/mol. The minimum absolute atomic E-state index is 0.0101.